The number of hydrogen-bond acceptors (Lipinski definition) is 4. The molecular weight excluding hydrogens is 354 g/mol. The standard InChI is InChI=1S/C14H14BrN3O2S/c15-11-3-1-2-10(8-11)12-9-21-13(16-12)17-14(19)18-4-6-20-7-5-18/h1-3,8-9H,4-7H2,(H,16,17,19). The van der Waals surface area contributed by atoms with E-state index >= 15 is 0 Å². The Labute approximate surface area is 135 Å². The number of urea groups is 1. The molecule has 5 nitrogen and oxygen atoms in total. The first-order valence-electron chi connectivity index (χ1n) is 6.57. The molecule has 1 aromatic heterocycles. The summed E-state index contributed by atoms with van der Waals surface area (Å²) in [5, 5.41) is 5.40. The number of ether oxygens (including phenoxy) is 1. The van der Waals surface area contributed by atoms with Gasteiger partial charge in [-0.25, -0.2) is 9.78 Å². The Morgan fingerprint density at radius 3 is 2.95 bits per heavy atom. The molecule has 7 heteroatoms. The molecule has 0 unspecified atom stereocenters. The summed E-state index contributed by atoms with van der Waals surface area (Å²) in [6.07, 6.45) is 0. The number of amides is 2. The Hall–Kier alpha value is -1.44. The van der Waals surface area contributed by atoms with Gasteiger partial charge in [0.05, 0.1) is 18.9 Å². The molecule has 0 bridgehead atoms. The fourth-order valence-corrected chi connectivity index (χ4v) is 3.16. The largest absolute Gasteiger partial charge is 0.378 e. The molecule has 0 spiro atoms. The molecule has 1 fully saturated rings. The number of halogens is 1. The summed E-state index contributed by atoms with van der Waals surface area (Å²) < 4.78 is 6.24. The lowest BCUT2D eigenvalue weighted by molar-refractivity contribution is 0.0564. The maximum Gasteiger partial charge on any atom is 0.323 e. The van der Waals surface area contributed by atoms with Gasteiger partial charge in [-0.3, -0.25) is 5.32 Å². The van der Waals surface area contributed by atoms with Crippen molar-refractivity contribution in [3.63, 3.8) is 0 Å². The average molecular weight is 368 g/mol. The van der Waals surface area contributed by atoms with Gasteiger partial charge in [-0.05, 0) is 12.1 Å². The SMILES string of the molecule is O=C(Nc1nc(-c2cccc(Br)c2)cs1)N1CCOCC1. The minimum Gasteiger partial charge on any atom is -0.378 e. The van der Waals surface area contributed by atoms with E-state index in [0.29, 0.717) is 31.4 Å². The smallest absolute Gasteiger partial charge is 0.323 e. The monoisotopic (exact) mass is 367 g/mol. The summed E-state index contributed by atoms with van der Waals surface area (Å²) in [7, 11) is 0. The van der Waals surface area contributed by atoms with E-state index < -0.39 is 0 Å². The van der Waals surface area contributed by atoms with Crippen LogP contribution < -0.4 is 5.32 Å². The molecule has 1 N–H and O–H groups in total. The molecule has 0 saturated carbocycles. The number of anilines is 1. The predicted octanol–water partition coefficient (Wildman–Crippen LogP) is 3.44. The van der Waals surface area contributed by atoms with Gasteiger partial charge in [0.2, 0.25) is 0 Å². The van der Waals surface area contributed by atoms with Crippen molar-refractivity contribution < 1.29 is 9.53 Å². The van der Waals surface area contributed by atoms with Gasteiger partial charge in [-0.15, -0.1) is 11.3 Å². The molecule has 2 heterocycles. The number of nitrogens with zero attached hydrogens (tertiary/aromatic N) is 2. The molecule has 3 rings (SSSR count). The molecule has 0 radical (unpaired) electrons. The lowest BCUT2D eigenvalue weighted by Gasteiger charge is -2.26. The van der Waals surface area contributed by atoms with Gasteiger partial charge in [0.15, 0.2) is 5.13 Å². The number of nitrogens with one attached hydrogen (secondary N) is 1. The maximum atomic E-state index is 12.1. The molecule has 110 valence electrons. The van der Waals surface area contributed by atoms with Crippen LogP contribution in [-0.2, 0) is 4.74 Å². The van der Waals surface area contributed by atoms with E-state index in [1.54, 1.807) is 4.90 Å². The van der Waals surface area contributed by atoms with Crippen LogP contribution in [0.15, 0.2) is 34.1 Å². The number of benzene rings is 1. The molecule has 1 aliphatic rings. The molecule has 0 aliphatic carbocycles. The molecule has 1 aliphatic heterocycles. The van der Waals surface area contributed by atoms with Gasteiger partial charge in [0, 0.05) is 28.5 Å². The van der Waals surface area contributed by atoms with Crippen LogP contribution >= 0.6 is 27.3 Å². The number of rotatable bonds is 2. The van der Waals surface area contributed by atoms with Crippen LogP contribution in [0.1, 0.15) is 0 Å². The Bertz CT molecular complexity index is 641. The third-order valence-corrected chi connectivity index (χ3v) is 4.39. The summed E-state index contributed by atoms with van der Waals surface area (Å²) in [6, 6.07) is 7.81. The van der Waals surface area contributed by atoms with E-state index in [2.05, 4.69) is 26.2 Å². The van der Waals surface area contributed by atoms with Crippen molar-refractivity contribution in [1.29, 1.82) is 0 Å². The minimum absolute atomic E-state index is 0.117. The van der Waals surface area contributed by atoms with Crippen LogP contribution in [0.2, 0.25) is 0 Å². The van der Waals surface area contributed by atoms with Gasteiger partial charge in [-0.2, -0.15) is 0 Å². The van der Waals surface area contributed by atoms with E-state index in [1.807, 2.05) is 29.6 Å². The highest BCUT2D eigenvalue weighted by molar-refractivity contribution is 9.10. The molecule has 1 aromatic carbocycles. The summed E-state index contributed by atoms with van der Waals surface area (Å²) in [6.45, 7) is 2.43. The molecule has 21 heavy (non-hydrogen) atoms. The van der Waals surface area contributed by atoms with Crippen molar-refractivity contribution in [1.82, 2.24) is 9.88 Å². The fourth-order valence-electron chi connectivity index (χ4n) is 2.05. The number of hydrogen-bond donors (Lipinski definition) is 1. The van der Waals surface area contributed by atoms with E-state index in [1.165, 1.54) is 11.3 Å². The second-order valence-corrected chi connectivity index (χ2v) is 6.35. The van der Waals surface area contributed by atoms with Gasteiger partial charge in [-0.1, -0.05) is 28.1 Å². The number of morpholine rings is 1. The lowest BCUT2D eigenvalue weighted by atomic mass is 10.2. The van der Waals surface area contributed by atoms with Crippen LogP contribution in [-0.4, -0.2) is 42.2 Å². The Morgan fingerprint density at radius 2 is 2.19 bits per heavy atom. The lowest BCUT2D eigenvalue weighted by Crippen LogP contribution is -2.43. The van der Waals surface area contributed by atoms with E-state index in [9.17, 15) is 4.79 Å². The topological polar surface area (TPSA) is 54.5 Å². The van der Waals surface area contributed by atoms with Crippen LogP contribution in [0.5, 0.6) is 0 Å². The highest BCUT2D eigenvalue weighted by Crippen LogP contribution is 2.27. The van der Waals surface area contributed by atoms with E-state index in [4.69, 9.17) is 4.74 Å². The highest BCUT2D eigenvalue weighted by atomic mass is 79.9. The zero-order valence-electron chi connectivity index (χ0n) is 11.2. The number of carbonyl (C=O) groups excluding carboxylic acids is 1. The van der Waals surface area contributed by atoms with Crippen molar-refractivity contribution in [2.45, 2.75) is 0 Å². The summed E-state index contributed by atoms with van der Waals surface area (Å²) >= 11 is 4.87. The number of aromatic nitrogens is 1. The van der Waals surface area contributed by atoms with Gasteiger partial charge in [0.25, 0.3) is 0 Å². The van der Waals surface area contributed by atoms with Crippen molar-refractivity contribution in [2.75, 3.05) is 31.6 Å². The minimum atomic E-state index is -0.117. The van der Waals surface area contributed by atoms with Crippen molar-refractivity contribution in [3.05, 3.63) is 34.1 Å². The van der Waals surface area contributed by atoms with Gasteiger partial charge < -0.3 is 9.64 Å². The summed E-state index contributed by atoms with van der Waals surface area (Å²) in [5.74, 6) is 0. The normalized spacial score (nSPS) is 15.0. The highest BCUT2D eigenvalue weighted by Gasteiger charge is 2.17. The third-order valence-electron chi connectivity index (χ3n) is 3.14. The molecule has 2 amide bonds. The first-order valence-corrected chi connectivity index (χ1v) is 8.25. The number of thiazole rings is 1. The summed E-state index contributed by atoms with van der Waals surface area (Å²) in [4.78, 5) is 18.3. The number of carbonyl (C=O) groups is 1. The Balaban J connectivity index is 1.69. The molecule has 2 aromatic rings. The molecular formula is C14H14BrN3O2S. The second-order valence-electron chi connectivity index (χ2n) is 4.58. The van der Waals surface area contributed by atoms with Crippen molar-refractivity contribution >= 4 is 38.4 Å². The van der Waals surface area contributed by atoms with Crippen molar-refractivity contribution in [2.24, 2.45) is 0 Å². The first kappa shape index (κ1) is 14.5. The predicted molar refractivity (Wildman–Crippen MR) is 86.7 cm³/mol. The van der Waals surface area contributed by atoms with Crippen LogP contribution in [0, 0.1) is 0 Å². The fraction of sp³-hybridized carbons (Fsp3) is 0.286. The van der Waals surface area contributed by atoms with Gasteiger partial charge in [0.1, 0.15) is 0 Å². The average Bonchev–Trinajstić information content (AvgIpc) is 2.97. The molecule has 0 atom stereocenters. The van der Waals surface area contributed by atoms with Crippen LogP contribution in [0.3, 0.4) is 0 Å². The summed E-state index contributed by atoms with van der Waals surface area (Å²) in [5.41, 5.74) is 1.88. The zero-order valence-corrected chi connectivity index (χ0v) is 13.6. The Kier molecular flexibility index (Phi) is 4.52. The quantitative estimate of drug-likeness (QED) is 0.884. The van der Waals surface area contributed by atoms with Crippen molar-refractivity contribution in [3.8, 4) is 11.3 Å². The third kappa shape index (κ3) is 3.61. The van der Waals surface area contributed by atoms with E-state index in [-0.39, 0.29) is 6.03 Å². The second kappa shape index (κ2) is 6.55. The van der Waals surface area contributed by atoms with Crippen LogP contribution in [0.25, 0.3) is 11.3 Å². The first-order chi connectivity index (χ1) is 10.2. The van der Waals surface area contributed by atoms with Crippen LogP contribution in [0.4, 0.5) is 9.93 Å². The maximum absolute atomic E-state index is 12.1. The van der Waals surface area contributed by atoms with E-state index in [0.717, 1.165) is 15.7 Å². The zero-order chi connectivity index (χ0) is 14.7. The molecule has 1 saturated heterocycles. The van der Waals surface area contributed by atoms with Gasteiger partial charge >= 0.3 is 6.03 Å². The Morgan fingerprint density at radius 1 is 1.38 bits per heavy atom.